The summed E-state index contributed by atoms with van der Waals surface area (Å²) in [6.45, 7) is 4.42. The first-order chi connectivity index (χ1) is 13.1. The van der Waals surface area contributed by atoms with E-state index in [9.17, 15) is 4.79 Å². The summed E-state index contributed by atoms with van der Waals surface area (Å²) in [4.78, 5) is 14.6. The summed E-state index contributed by atoms with van der Waals surface area (Å²) < 4.78 is 5.39. The van der Waals surface area contributed by atoms with Gasteiger partial charge in [0.05, 0.1) is 23.0 Å². The van der Waals surface area contributed by atoms with E-state index in [1.54, 1.807) is 24.3 Å². The molecule has 0 radical (unpaired) electrons. The zero-order valence-corrected chi connectivity index (χ0v) is 16.7. The molecular formula is C20H22ClN3O2S. The third-order valence-electron chi connectivity index (χ3n) is 4.31. The first-order valence-corrected chi connectivity index (χ1v) is 9.75. The van der Waals surface area contributed by atoms with Crippen LogP contribution in [0.4, 0.5) is 11.4 Å². The SMILES string of the molecule is CCOc1ccc(C(=O)NC(=S)Nc2cccc(Cl)c2N2CCCC2)cc1. The number of anilines is 2. The Morgan fingerprint density at radius 3 is 2.56 bits per heavy atom. The van der Waals surface area contributed by atoms with E-state index in [4.69, 9.17) is 28.6 Å². The van der Waals surface area contributed by atoms with Crippen LogP contribution in [0.15, 0.2) is 42.5 Å². The summed E-state index contributed by atoms with van der Waals surface area (Å²) in [5, 5.41) is 6.72. The molecule has 0 bridgehead atoms. The van der Waals surface area contributed by atoms with Gasteiger partial charge in [-0.25, -0.2) is 0 Å². The van der Waals surface area contributed by atoms with E-state index in [-0.39, 0.29) is 11.0 Å². The summed E-state index contributed by atoms with van der Waals surface area (Å²) in [6.07, 6.45) is 2.28. The summed E-state index contributed by atoms with van der Waals surface area (Å²) in [7, 11) is 0. The van der Waals surface area contributed by atoms with Gasteiger partial charge >= 0.3 is 0 Å². The number of nitrogens with zero attached hydrogens (tertiary/aromatic N) is 1. The lowest BCUT2D eigenvalue weighted by Crippen LogP contribution is -2.34. The fourth-order valence-electron chi connectivity index (χ4n) is 3.08. The fourth-order valence-corrected chi connectivity index (χ4v) is 3.57. The van der Waals surface area contributed by atoms with Gasteiger partial charge in [-0.05, 0) is 68.4 Å². The molecule has 5 nitrogen and oxygen atoms in total. The van der Waals surface area contributed by atoms with Gasteiger partial charge in [0.25, 0.3) is 5.91 Å². The van der Waals surface area contributed by atoms with Crippen molar-refractivity contribution in [2.75, 3.05) is 29.9 Å². The quantitative estimate of drug-likeness (QED) is 0.721. The van der Waals surface area contributed by atoms with E-state index in [1.807, 2.05) is 25.1 Å². The lowest BCUT2D eigenvalue weighted by molar-refractivity contribution is 0.0977. The second kappa shape index (κ2) is 9.06. The lowest BCUT2D eigenvalue weighted by Gasteiger charge is -2.23. The molecule has 2 aromatic carbocycles. The van der Waals surface area contributed by atoms with E-state index >= 15 is 0 Å². The summed E-state index contributed by atoms with van der Waals surface area (Å²) in [5.41, 5.74) is 2.23. The van der Waals surface area contributed by atoms with E-state index in [1.165, 1.54) is 0 Å². The first-order valence-electron chi connectivity index (χ1n) is 8.97. The van der Waals surface area contributed by atoms with Gasteiger partial charge in [0, 0.05) is 18.7 Å². The average Bonchev–Trinajstić information content (AvgIpc) is 3.16. The standard InChI is InChI=1S/C20H22ClN3O2S/c1-2-26-15-10-8-14(9-11-15)19(25)23-20(27)22-17-7-5-6-16(21)18(17)24-12-3-4-13-24/h5-11H,2-4,12-13H2,1H3,(H2,22,23,25,27). The second-order valence-electron chi connectivity index (χ2n) is 6.20. The Bertz CT molecular complexity index is 820. The molecule has 1 aliphatic heterocycles. The van der Waals surface area contributed by atoms with E-state index in [0.717, 1.165) is 43.1 Å². The Morgan fingerprint density at radius 1 is 1.19 bits per heavy atom. The Labute approximate surface area is 169 Å². The second-order valence-corrected chi connectivity index (χ2v) is 7.01. The number of halogens is 1. The number of benzene rings is 2. The van der Waals surface area contributed by atoms with Crippen molar-refractivity contribution in [3.05, 3.63) is 53.1 Å². The lowest BCUT2D eigenvalue weighted by atomic mass is 10.2. The van der Waals surface area contributed by atoms with Crippen LogP contribution in [0.2, 0.25) is 5.02 Å². The van der Waals surface area contributed by atoms with Gasteiger partial charge < -0.3 is 15.0 Å². The van der Waals surface area contributed by atoms with Gasteiger partial charge in [0.15, 0.2) is 5.11 Å². The van der Waals surface area contributed by atoms with Crippen molar-refractivity contribution in [2.45, 2.75) is 19.8 Å². The Kier molecular flexibility index (Phi) is 6.53. The Morgan fingerprint density at radius 2 is 1.89 bits per heavy atom. The van der Waals surface area contributed by atoms with Crippen molar-refractivity contribution in [1.82, 2.24) is 5.32 Å². The minimum absolute atomic E-state index is 0.233. The first kappa shape index (κ1) is 19.5. The topological polar surface area (TPSA) is 53.6 Å². The molecule has 27 heavy (non-hydrogen) atoms. The predicted octanol–water partition coefficient (Wildman–Crippen LogP) is 4.47. The molecule has 0 aromatic heterocycles. The Hall–Kier alpha value is -2.31. The van der Waals surface area contributed by atoms with Crippen molar-refractivity contribution in [3.63, 3.8) is 0 Å². The molecule has 2 aromatic rings. The number of ether oxygens (including phenoxy) is 1. The molecule has 1 aliphatic rings. The van der Waals surface area contributed by atoms with Crippen molar-refractivity contribution < 1.29 is 9.53 Å². The maximum Gasteiger partial charge on any atom is 0.257 e. The van der Waals surface area contributed by atoms with E-state index in [0.29, 0.717) is 17.2 Å². The van der Waals surface area contributed by atoms with Crippen molar-refractivity contribution in [3.8, 4) is 5.75 Å². The molecule has 1 fully saturated rings. The highest BCUT2D eigenvalue weighted by atomic mass is 35.5. The van der Waals surface area contributed by atoms with Crippen LogP contribution in [-0.4, -0.2) is 30.7 Å². The van der Waals surface area contributed by atoms with Crippen molar-refractivity contribution >= 4 is 46.2 Å². The number of amides is 1. The maximum absolute atomic E-state index is 12.4. The van der Waals surface area contributed by atoms with E-state index in [2.05, 4.69) is 15.5 Å². The van der Waals surface area contributed by atoms with Gasteiger partial charge in [0.2, 0.25) is 0 Å². The van der Waals surface area contributed by atoms with E-state index < -0.39 is 0 Å². The van der Waals surface area contributed by atoms with Gasteiger partial charge in [0.1, 0.15) is 5.75 Å². The predicted molar refractivity (Wildman–Crippen MR) is 114 cm³/mol. The number of rotatable bonds is 5. The highest BCUT2D eigenvalue weighted by Crippen LogP contribution is 2.35. The fraction of sp³-hybridized carbons (Fsp3) is 0.300. The molecule has 0 atom stereocenters. The number of para-hydroxylation sites is 1. The Balaban J connectivity index is 1.67. The summed E-state index contributed by atoms with van der Waals surface area (Å²) >= 11 is 11.7. The molecule has 0 saturated carbocycles. The maximum atomic E-state index is 12.4. The summed E-state index contributed by atoms with van der Waals surface area (Å²) in [6, 6.07) is 12.6. The minimum Gasteiger partial charge on any atom is -0.494 e. The molecule has 1 saturated heterocycles. The number of hydrogen-bond donors (Lipinski definition) is 2. The van der Waals surface area contributed by atoms with Crippen molar-refractivity contribution in [2.24, 2.45) is 0 Å². The van der Waals surface area contributed by atoms with Crippen LogP contribution in [0, 0.1) is 0 Å². The molecule has 3 rings (SSSR count). The number of carbonyl (C=O) groups excluding carboxylic acids is 1. The van der Waals surface area contributed by atoms with Gasteiger partial charge in [-0.15, -0.1) is 0 Å². The van der Waals surface area contributed by atoms with Gasteiger partial charge in [-0.1, -0.05) is 17.7 Å². The van der Waals surface area contributed by atoms with Crippen molar-refractivity contribution in [1.29, 1.82) is 0 Å². The molecule has 2 N–H and O–H groups in total. The van der Waals surface area contributed by atoms with Crippen LogP contribution >= 0.6 is 23.8 Å². The van der Waals surface area contributed by atoms with Crippen LogP contribution < -0.4 is 20.3 Å². The highest BCUT2D eigenvalue weighted by molar-refractivity contribution is 7.80. The molecule has 1 heterocycles. The van der Waals surface area contributed by atoms with Crippen LogP contribution in [0.25, 0.3) is 0 Å². The number of nitrogens with one attached hydrogen (secondary N) is 2. The van der Waals surface area contributed by atoms with Crippen LogP contribution in [-0.2, 0) is 0 Å². The molecule has 1 amide bonds. The third-order valence-corrected chi connectivity index (χ3v) is 4.82. The van der Waals surface area contributed by atoms with Crippen LogP contribution in [0.5, 0.6) is 5.75 Å². The van der Waals surface area contributed by atoms with Crippen LogP contribution in [0.3, 0.4) is 0 Å². The smallest absolute Gasteiger partial charge is 0.257 e. The van der Waals surface area contributed by atoms with Gasteiger partial charge in [-0.2, -0.15) is 0 Å². The monoisotopic (exact) mass is 403 g/mol. The number of thiocarbonyl (C=S) groups is 1. The van der Waals surface area contributed by atoms with Gasteiger partial charge in [-0.3, -0.25) is 10.1 Å². The summed E-state index contributed by atoms with van der Waals surface area (Å²) in [5.74, 6) is 0.448. The molecular weight excluding hydrogens is 382 g/mol. The largest absolute Gasteiger partial charge is 0.494 e. The van der Waals surface area contributed by atoms with Crippen LogP contribution in [0.1, 0.15) is 30.1 Å². The zero-order valence-electron chi connectivity index (χ0n) is 15.1. The third kappa shape index (κ3) is 4.90. The minimum atomic E-state index is -0.278. The molecule has 0 unspecified atom stereocenters. The normalized spacial score (nSPS) is 13.3. The highest BCUT2D eigenvalue weighted by Gasteiger charge is 2.19. The number of hydrogen-bond acceptors (Lipinski definition) is 4. The average molecular weight is 404 g/mol. The molecule has 142 valence electrons. The molecule has 0 spiro atoms. The number of carbonyl (C=O) groups is 1. The molecule has 7 heteroatoms. The molecule has 0 aliphatic carbocycles. The zero-order chi connectivity index (χ0) is 19.2.